The highest BCUT2D eigenvalue weighted by molar-refractivity contribution is 5.97. The van der Waals surface area contributed by atoms with Crippen molar-refractivity contribution in [2.24, 2.45) is 5.92 Å². The second-order valence-corrected chi connectivity index (χ2v) is 4.10. The molecule has 7 heteroatoms. The van der Waals surface area contributed by atoms with Gasteiger partial charge in [-0.25, -0.2) is 4.98 Å². The first-order valence-corrected chi connectivity index (χ1v) is 5.44. The normalized spacial score (nSPS) is 19.1. The number of methoxy groups -OCH3 is 1. The predicted molar refractivity (Wildman–Crippen MR) is 61.4 cm³/mol. The van der Waals surface area contributed by atoms with Crippen LogP contribution in [0.1, 0.15) is 12.1 Å². The zero-order chi connectivity index (χ0) is 13.3. The minimum Gasteiger partial charge on any atom is -0.481 e. The van der Waals surface area contributed by atoms with Crippen molar-refractivity contribution in [2.45, 2.75) is 13.3 Å². The number of carbonyl (C=O) groups excluding carboxylic acids is 1. The van der Waals surface area contributed by atoms with Crippen LogP contribution in [-0.2, 0) is 9.59 Å². The second kappa shape index (κ2) is 4.59. The summed E-state index contributed by atoms with van der Waals surface area (Å²) >= 11 is 0. The summed E-state index contributed by atoms with van der Waals surface area (Å²) in [6.07, 6.45) is -0.0189. The predicted octanol–water partition coefficient (Wildman–Crippen LogP) is 0.231. The number of ether oxygens (including phenoxy) is 1. The Balaban J connectivity index is 2.29. The third-order valence-electron chi connectivity index (χ3n) is 2.74. The number of carbonyl (C=O) groups is 2. The number of aryl methyl sites for hydroxylation is 1. The lowest BCUT2D eigenvalue weighted by Crippen LogP contribution is -2.28. The van der Waals surface area contributed by atoms with Crippen molar-refractivity contribution >= 4 is 17.8 Å². The summed E-state index contributed by atoms with van der Waals surface area (Å²) in [5.74, 6) is -1.42. The number of anilines is 1. The number of carboxylic acid groups (broad SMARTS) is 1. The van der Waals surface area contributed by atoms with Gasteiger partial charge in [0.1, 0.15) is 0 Å². The Morgan fingerprint density at radius 2 is 2.28 bits per heavy atom. The molecule has 2 heterocycles. The molecule has 1 aliphatic heterocycles. The molecule has 1 saturated heterocycles. The number of amides is 1. The van der Waals surface area contributed by atoms with Crippen molar-refractivity contribution in [1.82, 2.24) is 9.97 Å². The molecule has 0 bridgehead atoms. The maximum absolute atomic E-state index is 11.7. The molecule has 2 rings (SSSR count). The van der Waals surface area contributed by atoms with Crippen molar-refractivity contribution in [3.8, 4) is 5.88 Å². The number of aliphatic carboxylic acids is 1. The Morgan fingerprint density at radius 1 is 1.56 bits per heavy atom. The van der Waals surface area contributed by atoms with Crippen molar-refractivity contribution < 1.29 is 19.4 Å². The van der Waals surface area contributed by atoms with Gasteiger partial charge in [0.2, 0.25) is 17.7 Å². The molecule has 1 unspecified atom stereocenters. The first-order chi connectivity index (χ1) is 8.51. The van der Waals surface area contributed by atoms with E-state index in [0.29, 0.717) is 11.6 Å². The lowest BCUT2D eigenvalue weighted by molar-refractivity contribution is -0.141. The number of carboxylic acids is 1. The molecule has 18 heavy (non-hydrogen) atoms. The molecule has 1 aliphatic rings. The first-order valence-electron chi connectivity index (χ1n) is 5.44. The van der Waals surface area contributed by atoms with Gasteiger partial charge in [-0.1, -0.05) is 0 Å². The quantitative estimate of drug-likeness (QED) is 0.826. The molecule has 1 amide bonds. The van der Waals surface area contributed by atoms with Gasteiger partial charge in [0.05, 0.1) is 13.0 Å². The average molecular weight is 251 g/mol. The number of nitrogens with zero attached hydrogens (tertiary/aromatic N) is 3. The van der Waals surface area contributed by atoms with Gasteiger partial charge < -0.3 is 9.84 Å². The molecular weight excluding hydrogens is 238 g/mol. The number of aromatic nitrogens is 2. The highest BCUT2D eigenvalue weighted by Crippen LogP contribution is 2.24. The van der Waals surface area contributed by atoms with Crippen LogP contribution in [0.25, 0.3) is 0 Å². The molecule has 1 atom stereocenters. The molecule has 0 radical (unpaired) electrons. The minimum absolute atomic E-state index is 0.0189. The molecule has 1 N–H and O–H groups in total. The highest BCUT2D eigenvalue weighted by atomic mass is 16.5. The fraction of sp³-hybridized carbons (Fsp3) is 0.455. The van der Waals surface area contributed by atoms with Gasteiger partial charge in [-0.2, -0.15) is 4.98 Å². The van der Waals surface area contributed by atoms with Gasteiger partial charge in [0, 0.05) is 24.7 Å². The van der Waals surface area contributed by atoms with Gasteiger partial charge in [0.15, 0.2) is 0 Å². The van der Waals surface area contributed by atoms with Crippen LogP contribution in [0.2, 0.25) is 0 Å². The van der Waals surface area contributed by atoms with Crippen molar-refractivity contribution in [1.29, 1.82) is 0 Å². The summed E-state index contributed by atoms with van der Waals surface area (Å²) in [6.45, 7) is 1.85. The smallest absolute Gasteiger partial charge is 0.308 e. The standard InChI is InChI=1S/C11H13N3O4/c1-6-3-8(18-2)13-11(12-6)14-5-7(10(16)17)4-9(14)15/h3,7H,4-5H2,1-2H3,(H,16,17). The van der Waals surface area contributed by atoms with E-state index in [9.17, 15) is 9.59 Å². The van der Waals surface area contributed by atoms with Gasteiger partial charge in [-0.3, -0.25) is 14.5 Å². The molecular formula is C11H13N3O4. The third-order valence-corrected chi connectivity index (χ3v) is 2.74. The van der Waals surface area contributed by atoms with Crippen LogP contribution >= 0.6 is 0 Å². The number of hydrogen-bond donors (Lipinski definition) is 1. The summed E-state index contributed by atoms with van der Waals surface area (Å²) in [5.41, 5.74) is 0.656. The van der Waals surface area contributed by atoms with Crippen molar-refractivity contribution in [2.75, 3.05) is 18.6 Å². The topological polar surface area (TPSA) is 92.6 Å². The zero-order valence-electron chi connectivity index (χ0n) is 10.1. The highest BCUT2D eigenvalue weighted by Gasteiger charge is 2.36. The fourth-order valence-corrected chi connectivity index (χ4v) is 1.82. The largest absolute Gasteiger partial charge is 0.481 e. The summed E-state index contributed by atoms with van der Waals surface area (Å²) in [5, 5.41) is 8.91. The van der Waals surface area contributed by atoms with Gasteiger partial charge >= 0.3 is 5.97 Å². The molecule has 1 aromatic heterocycles. The van der Waals surface area contributed by atoms with Crippen molar-refractivity contribution in [3.05, 3.63) is 11.8 Å². The molecule has 1 fully saturated rings. The average Bonchev–Trinajstić information content (AvgIpc) is 2.70. The van der Waals surface area contributed by atoms with Crippen LogP contribution in [0.5, 0.6) is 5.88 Å². The fourth-order valence-electron chi connectivity index (χ4n) is 1.82. The van der Waals surface area contributed by atoms with Crippen LogP contribution in [0.3, 0.4) is 0 Å². The lowest BCUT2D eigenvalue weighted by Gasteiger charge is -2.14. The molecule has 96 valence electrons. The Bertz CT molecular complexity index is 503. The van der Waals surface area contributed by atoms with E-state index < -0.39 is 11.9 Å². The first kappa shape index (κ1) is 12.3. The second-order valence-electron chi connectivity index (χ2n) is 4.10. The number of rotatable bonds is 3. The van der Waals surface area contributed by atoms with E-state index in [1.807, 2.05) is 0 Å². The molecule has 7 nitrogen and oxygen atoms in total. The Morgan fingerprint density at radius 3 is 2.83 bits per heavy atom. The van der Waals surface area contributed by atoms with Gasteiger partial charge in [0.25, 0.3) is 0 Å². The molecule has 0 aromatic carbocycles. The summed E-state index contributed by atoms with van der Waals surface area (Å²) in [7, 11) is 1.47. The summed E-state index contributed by atoms with van der Waals surface area (Å²) in [4.78, 5) is 32.1. The van der Waals surface area contributed by atoms with E-state index in [-0.39, 0.29) is 24.8 Å². The third kappa shape index (κ3) is 2.24. The van der Waals surface area contributed by atoms with Crippen LogP contribution in [-0.4, -0.2) is 40.6 Å². The van der Waals surface area contributed by atoms with Crippen LogP contribution in [0.4, 0.5) is 5.95 Å². The van der Waals surface area contributed by atoms with Crippen LogP contribution in [0.15, 0.2) is 6.07 Å². The SMILES string of the molecule is COc1cc(C)nc(N2CC(C(=O)O)CC2=O)n1. The summed E-state index contributed by atoms with van der Waals surface area (Å²) < 4.78 is 5.00. The van der Waals surface area contributed by atoms with Crippen molar-refractivity contribution in [3.63, 3.8) is 0 Å². The molecule has 0 aliphatic carbocycles. The summed E-state index contributed by atoms with van der Waals surface area (Å²) in [6, 6.07) is 1.64. The maximum Gasteiger partial charge on any atom is 0.308 e. The Kier molecular flexibility index (Phi) is 3.14. The van der Waals surface area contributed by atoms with E-state index in [1.54, 1.807) is 13.0 Å². The van der Waals surface area contributed by atoms with E-state index in [2.05, 4.69) is 9.97 Å². The Hall–Kier alpha value is -2.18. The minimum atomic E-state index is -0.981. The monoisotopic (exact) mass is 251 g/mol. The van der Waals surface area contributed by atoms with E-state index in [0.717, 1.165) is 0 Å². The Labute approximate surface area is 103 Å². The van der Waals surface area contributed by atoms with Gasteiger partial charge in [-0.15, -0.1) is 0 Å². The number of hydrogen-bond acceptors (Lipinski definition) is 5. The van der Waals surface area contributed by atoms with E-state index in [4.69, 9.17) is 9.84 Å². The molecule has 1 aromatic rings. The molecule has 0 saturated carbocycles. The van der Waals surface area contributed by atoms with Gasteiger partial charge in [-0.05, 0) is 6.92 Å². The van der Waals surface area contributed by atoms with E-state index in [1.165, 1.54) is 12.0 Å². The van der Waals surface area contributed by atoms with Crippen LogP contribution in [0, 0.1) is 12.8 Å². The maximum atomic E-state index is 11.7. The van der Waals surface area contributed by atoms with E-state index >= 15 is 0 Å². The van der Waals surface area contributed by atoms with Crippen LogP contribution < -0.4 is 9.64 Å². The molecule has 0 spiro atoms. The lowest BCUT2D eigenvalue weighted by atomic mass is 10.1. The zero-order valence-corrected chi connectivity index (χ0v) is 10.1.